The van der Waals surface area contributed by atoms with Gasteiger partial charge in [0.25, 0.3) is 5.91 Å². The maximum atomic E-state index is 12.4. The molecule has 140 valence electrons. The fourth-order valence-corrected chi connectivity index (χ4v) is 2.91. The van der Waals surface area contributed by atoms with E-state index in [1.165, 1.54) is 12.1 Å². The molecule has 0 aliphatic heterocycles. The Hall–Kier alpha value is -3.51. The third-order valence-corrected chi connectivity index (χ3v) is 4.41. The van der Waals surface area contributed by atoms with Crippen LogP contribution in [-0.4, -0.2) is 22.1 Å². The maximum absolute atomic E-state index is 12.4. The molecule has 0 aromatic heterocycles. The fraction of sp³-hybridized carbons (Fsp3) is 0.0455. The summed E-state index contributed by atoms with van der Waals surface area (Å²) in [6.07, 6.45) is 0. The Morgan fingerprint density at radius 2 is 1.46 bits per heavy atom. The zero-order chi connectivity index (χ0) is 20.1. The average molecular weight is 390 g/mol. The SMILES string of the molecule is Cc1cc(C(=O)O)ccc1NC(=S)NC(=O)c1ccc(-c2ccccc2)cc1. The summed E-state index contributed by atoms with van der Waals surface area (Å²) in [7, 11) is 0. The van der Waals surface area contributed by atoms with Crippen molar-refractivity contribution in [1.29, 1.82) is 0 Å². The second-order valence-corrected chi connectivity index (χ2v) is 6.59. The number of amides is 1. The van der Waals surface area contributed by atoms with Crippen LogP contribution in [0.3, 0.4) is 0 Å². The van der Waals surface area contributed by atoms with E-state index in [0.717, 1.165) is 11.1 Å². The molecule has 6 heteroatoms. The summed E-state index contributed by atoms with van der Waals surface area (Å²) in [5, 5.41) is 14.7. The van der Waals surface area contributed by atoms with Crippen molar-refractivity contribution >= 4 is 34.9 Å². The minimum atomic E-state index is -0.996. The first-order chi connectivity index (χ1) is 13.4. The highest BCUT2D eigenvalue weighted by Gasteiger charge is 2.10. The molecule has 0 aliphatic rings. The molecular weight excluding hydrogens is 372 g/mol. The van der Waals surface area contributed by atoms with Gasteiger partial charge in [-0.05, 0) is 66.2 Å². The van der Waals surface area contributed by atoms with Crippen LogP contribution in [0.15, 0.2) is 72.8 Å². The highest BCUT2D eigenvalue weighted by atomic mass is 32.1. The number of thiocarbonyl (C=S) groups is 1. The van der Waals surface area contributed by atoms with Crippen LogP contribution in [0.1, 0.15) is 26.3 Å². The summed E-state index contributed by atoms with van der Waals surface area (Å²) < 4.78 is 0. The Morgan fingerprint density at radius 3 is 2.07 bits per heavy atom. The van der Waals surface area contributed by atoms with Crippen molar-refractivity contribution < 1.29 is 14.7 Å². The van der Waals surface area contributed by atoms with E-state index < -0.39 is 5.97 Å². The van der Waals surface area contributed by atoms with Gasteiger partial charge in [0.15, 0.2) is 5.11 Å². The van der Waals surface area contributed by atoms with Gasteiger partial charge < -0.3 is 10.4 Å². The topological polar surface area (TPSA) is 78.4 Å². The third-order valence-electron chi connectivity index (χ3n) is 4.20. The molecule has 0 heterocycles. The van der Waals surface area contributed by atoms with E-state index in [-0.39, 0.29) is 16.6 Å². The molecule has 1 amide bonds. The summed E-state index contributed by atoms with van der Waals surface area (Å²) in [6.45, 7) is 1.77. The van der Waals surface area contributed by atoms with Crippen molar-refractivity contribution in [2.75, 3.05) is 5.32 Å². The van der Waals surface area contributed by atoms with E-state index in [4.69, 9.17) is 17.3 Å². The molecule has 0 saturated heterocycles. The van der Waals surface area contributed by atoms with Gasteiger partial charge in [-0.25, -0.2) is 4.79 Å². The number of rotatable bonds is 4. The van der Waals surface area contributed by atoms with Gasteiger partial charge in [0, 0.05) is 11.3 Å². The van der Waals surface area contributed by atoms with Gasteiger partial charge in [-0.1, -0.05) is 42.5 Å². The Bertz CT molecular complexity index is 1030. The number of hydrogen-bond donors (Lipinski definition) is 3. The molecule has 0 fully saturated rings. The van der Waals surface area contributed by atoms with Crippen LogP contribution in [-0.2, 0) is 0 Å². The number of carbonyl (C=O) groups is 2. The molecule has 28 heavy (non-hydrogen) atoms. The van der Waals surface area contributed by atoms with E-state index in [9.17, 15) is 9.59 Å². The number of carboxylic acids is 1. The maximum Gasteiger partial charge on any atom is 0.335 e. The molecule has 0 unspecified atom stereocenters. The number of carbonyl (C=O) groups excluding carboxylic acids is 1. The Morgan fingerprint density at radius 1 is 0.857 bits per heavy atom. The Kier molecular flexibility index (Phi) is 5.81. The Balaban J connectivity index is 1.64. The summed E-state index contributed by atoms with van der Waals surface area (Å²) >= 11 is 5.20. The predicted molar refractivity (Wildman–Crippen MR) is 114 cm³/mol. The molecule has 0 bridgehead atoms. The van der Waals surface area contributed by atoms with E-state index in [2.05, 4.69) is 10.6 Å². The van der Waals surface area contributed by atoms with Crippen molar-refractivity contribution in [3.05, 3.63) is 89.5 Å². The monoisotopic (exact) mass is 390 g/mol. The summed E-state index contributed by atoms with van der Waals surface area (Å²) in [5.74, 6) is -1.32. The highest BCUT2D eigenvalue weighted by molar-refractivity contribution is 7.80. The van der Waals surface area contributed by atoms with Crippen molar-refractivity contribution in [2.45, 2.75) is 6.92 Å². The largest absolute Gasteiger partial charge is 0.478 e. The lowest BCUT2D eigenvalue weighted by atomic mass is 10.0. The number of nitrogens with one attached hydrogen (secondary N) is 2. The minimum absolute atomic E-state index is 0.142. The molecule has 0 saturated carbocycles. The van der Waals surface area contributed by atoms with Crippen molar-refractivity contribution in [2.24, 2.45) is 0 Å². The first-order valence-electron chi connectivity index (χ1n) is 8.56. The van der Waals surface area contributed by atoms with Crippen LogP contribution in [0.5, 0.6) is 0 Å². The van der Waals surface area contributed by atoms with E-state index in [0.29, 0.717) is 16.8 Å². The van der Waals surface area contributed by atoms with Crippen LogP contribution < -0.4 is 10.6 Å². The zero-order valence-electron chi connectivity index (χ0n) is 15.1. The molecule has 3 rings (SSSR count). The number of aromatic carboxylic acids is 1. The zero-order valence-corrected chi connectivity index (χ0v) is 15.9. The quantitative estimate of drug-likeness (QED) is 0.572. The van der Waals surface area contributed by atoms with Crippen LogP contribution in [0.25, 0.3) is 11.1 Å². The van der Waals surface area contributed by atoms with Gasteiger partial charge in [0.05, 0.1) is 5.56 Å². The second kappa shape index (κ2) is 8.45. The van der Waals surface area contributed by atoms with Gasteiger partial charge >= 0.3 is 5.97 Å². The van der Waals surface area contributed by atoms with Crippen LogP contribution in [0.4, 0.5) is 5.69 Å². The predicted octanol–water partition coefficient (Wildman–Crippen LogP) is 4.49. The molecule has 0 atom stereocenters. The van der Waals surface area contributed by atoms with Crippen molar-refractivity contribution in [3.8, 4) is 11.1 Å². The minimum Gasteiger partial charge on any atom is -0.478 e. The highest BCUT2D eigenvalue weighted by Crippen LogP contribution is 2.19. The lowest BCUT2D eigenvalue weighted by Crippen LogP contribution is -2.34. The van der Waals surface area contributed by atoms with Gasteiger partial charge in [0.1, 0.15) is 0 Å². The average Bonchev–Trinajstić information content (AvgIpc) is 2.70. The number of benzene rings is 3. The molecule has 3 aromatic carbocycles. The van der Waals surface area contributed by atoms with E-state index in [1.54, 1.807) is 25.1 Å². The summed E-state index contributed by atoms with van der Waals surface area (Å²) in [5.41, 5.74) is 4.12. The first-order valence-corrected chi connectivity index (χ1v) is 8.96. The molecular formula is C22H18N2O3S. The van der Waals surface area contributed by atoms with Crippen LogP contribution in [0, 0.1) is 6.92 Å². The number of anilines is 1. The molecule has 0 spiro atoms. The Labute approximate surface area is 168 Å². The molecule has 5 nitrogen and oxygen atoms in total. The standard InChI is InChI=1S/C22H18N2O3S/c1-14-13-18(21(26)27)11-12-19(14)23-22(28)24-20(25)17-9-7-16(8-10-17)15-5-3-2-4-6-15/h2-13H,1H3,(H,26,27)(H2,23,24,25,28). The lowest BCUT2D eigenvalue weighted by Gasteiger charge is -2.12. The normalized spacial score (nSPS) is 10.2. The van der Waals surface area contributed by atoms with Crippen LogP contribution in [0.2, 0.25) is 0 Å². The summed E-state index contributed by atoms with van der Waals surface area (Å²) in [6, 6.07) is 21.8. The van der Waals surface area contributed by atoms with E-state index >= 15 is 0 Å². The molecule has 0 aliphatic carbocycles. The van der Waals surface area contributed by atoms with Crippen molar-refractivity contribution in [1.82, 2.24) is 5.32 Å². The molecule has 3 aromatic rings. The fourth-order valence-electron chi connectivity index (χ4n) is 2.71. The smallest absolute Gasteiger partial charge is 0.335 e. The van der Waals surface area contributed by atoms with Crippen LogP contribution >= 0.6 is 12.2 Å². The number of carboxylic acid groups (broad SMARTS) is 1. The lowest BCUT2D eigenvalue weighted by molar-refractivity contribution is 0.0696. The van der Waals surface area contributed by atoms with Gasteiger partial charge in [-0.3, -0.25) is 10.1 Å². The first kappa shape index (κ1) is 19.3. The van der Waals surface area contributed by atoms with Gasteiger partial charge in [-0.15, -0.1) is 0 Å². The van der Waals surface area contributed by atoms with Crippen molar-refractivity contribution in [3.63, 3.8) is 0 Å². The van der Waals surface area contributed by atoms with E-state index in [1.807, 2.05) is 42.5 Å². The molecule has 0 radical (unpaired) electrons. The third kappa shape index (κ3) is 4.61. The van der Waals surface area contributed by atoms with Gasteiger partial charge in [0.2, 0.25) is 0 Å². The number of aryl methyl sites for hydroxylation is 1. The van der Waals surface area contributed by atoms with Gasteiger partial charge in [-0.2, -0.15) is 0 Å². The second-order valence-electron chi connectivity index (χ2n) is 6.19. The number of hydrogen-bond acceptors (Lipinski definition) is 3. The summed E-state index contributed by atoms with van der Waals surface area (Å²) in [4.78, 5) is 23.4. The molecule has 3 N–H and O–H groups in total.